The van der Waals surface area contributed by atoms with Crippen molar-refractivity contribution < 1.29 is 14.1 Å². The zero-order chi connectivity index (χ0) is 16.8. The van der Waals surface area contributed by atoms with E-state index in [9.17, 15) is 4.79 Å². The number of aryl methyl sites for hydroxylation is 1. The Labute approximate surface area is 139 Å². The number of nitrogens with one attached hydrogen (secondary N) is 2. The topological polar surface area (TPSA) is 76.4 Å². The number of anilines is 2. The van der Waals surface area contributed by atoms with Crippen molar-refractivity contribution in [1.29, 1.82) is 0 Å². The van der Waals surface area contributed by atoms with Crippen LogP contribution in [0.5, 0.6) is 11.5 Å². The predicted molar refractivity (Wildman–Crippen MR) is 91.3 cm³/mol. The van der Waals surface area contributed by atoms with Crippen LogP contribution in [0.2, 0.25) is 0 Å². The van der Waals surface area contributed by atoms with Crippen molar-refractivity contribution in [3.8, 4) is 11.5 Å². The minimum absolute atomic E-state index is 0.0783. The number of rotatable bonds is 6. The van der Waals surface area contributed by atoms with Crippen LogP contribution in [0.3, 0.4) is 0 Å². The lowest BCUT2D eigenvalue weighted by atomic mass is 10.3. The highest BCUT2D eigenvalue weighted by molar-refractivity contribution is 5.92. The van der Waals surface area contributed by atoms with E-state index in [-0.39, 0.29) is 12.5 Å². The maximum Gasteiger partial charge on any atom is 0.246 e. The molecule has 24 heavy (non-hydrogen) atoms. The van der Waals surface area contributed by atoms with Gasteiger partial charge in [0.1, 0.15) is 5.75 Å². The number of para-hydroxylation sites is 3. The first-order valence-corrected chi connectivity index (χ1v) is 7.50. The van der Waals surface area contributed by atoms with Gasteiger partial charge in [0.05, 0.1) is 17.9 Å². The number of aromatic nitrogens is 1. The van der Waals surface area contributed by atoms with Gasteiger partial charge in [0.25, 0.3) is 0 Å². The number of hydrogen-bond acceptors (Lipinski definition) is 5. The van der Waals surface area contributed by atoms with Gasteiger partial charge in [-0.05, 0) is 31.2 Å². The second kappa shape index (κ2) is 7.32. The molecule has 0 radical (unpaired) electrons. The van der Waals surface area contributed by atoms with Crippen LogP contribution in [0, 0.1) is 6.92 Å². The zero-order valence-electron chi connectivity index (χ0n) is 13.2. The maximum absolute atomic E-state index is 12.0. The first-order valence-electron chi connectivity index (χ1n) is 7.50. The molecule has 2 aromatic carbocycles. The summed E-state index contributed by atoms with van der Waals surface area (Å²) in [6, 6.07) is 18.6. The summed E-state index contributed by atoms with van der Waals surface area (Å²) >= 11 is 0. The van der Waals surface area contributed by atoms with Gasteiger partial charge in [-0.3, -0.25) is 10.1 Å². The zero-order valence-corrected chi connectivity index (χ0v) is 13.2. The molecule has 122 valence electrons. The van der Waals surface area contributed by atoms with Crippen molar-refractivity contribution >= 4 is 17.5 Å². The smallest absolute Gasteiger partial charge is 0.246 e. The molecule has 2 N–H and O–H groups in total. The van der Waals surface area contributed by atoms with Gasteiger partial charge in [-0.2, -0.15) is 0 Å². The van der Waals surface area contributed by atoms with Gasteiger partial charge >= 0.3 is 0 Å². The molecule has 0 saturated heterocycles. The minimum atomic E-state index is -0.235. The summed E-state index contributed by atoms with van der Waals surface area (Å²) in [6.45, 7) is 1.86. The van der Waals surface area contributed by atoms with Crippen LogP contribution >= 0.6 is 0 Å². The van der Waals surface area contributed by atoms with Crippen LogP contribution in [-0.4, -0.2) is 17.6 Å². The van der Waals surface area contributed by atoms with E-state index in [2.05, 4.69) is 15.8 Å². The first-order chi connectivity index (χ1) is 11.7. The van der Waals surface area contributed by atoms with Crippen LogP contribution in [-0.2, 0) is 4.79 Å². The Kier molecular flexibility index (Phi) is 4.76. The van der Waals surface area contributed by atoms with Crippen molar-refractivity contribution in [2.24, 2.45) is 0 Å². The average molecular weight is 323 g/mol. The van der Waals surface area contributed by atoms with Crippen molar-refractivity contribution in [2.45, 2.75) is 6.92 Å². The number of nitrogens with zero attached hydrogens (tertiary/aromatic N) is 1. The first kappa shape index (κ1) is 15.6. The Morgan fingerprint density at radius 2 is 1.88 bits per heavy atom. The van der Waals surface area contributed by atoms with Crippen molar-refractivity contribution in [3.05, 3.63) is 66.4 Å². The summed E-state index contributed by atoms with van der Waals surface area (Å²) in [5.41, 5.74) is 1.44. The standard InChI is InChI=1S/C18H17N3O3/c1-13-11-18(24-21-13)20-17(22)12-19-15-9-5-6-10-16(15)23-14-7-3-2-4-8-14/h2-11,19H,12H2,1H3,(H,20,22). The lowest BCUT2D eigenvalue weighted by Gasteiger charge is -2.12. The molecule has 1 heterocycles. The third-order valence-electron chi connectivity index (χ3n) is 3.19. The fourth-order valence-electron chi connectivity index (χ4n) is 2.10. The normalized spacial score (nSPS) is 10.2. The minimum Gasteiger partial charge on any atom is -0.455 e. The molecular formula is C18H17N3O3. The summed E-state index contributed by atoms with van der Waals surface area (Å²) < 4.78 is 10.8. The Hall–Kier alpha value is -3.28. The predicted octanol–water partition coefficient (Wildman–Crippen LogP) is 3.83. The lowest BCUT2D eigenvalue weighted by Crippen LogP contribution is -2.21. The Morgan fingerprint density at radius 3 is 2.62 bits per heavy atom. The van der Waals surface area contributed by atoms with Crippen LogP contribution in [0.4, 0.5) is 11.6 Å². The molecular weight excluding hydrogens is 306 g/mol. The van der Waals surface area contributed by atoms with Crippen LogP contribution in [0.1, 0.15) is 5.69 Å². The Morgan fingerprint density at radius 1 is 1.12 bits per heavy atom. The van der Waals surface area contributed by atoms with Gasteiger partial charge in [-0.1, -0.05) is 35.5 Å². The highest BCUT2D eigenvalue weighted by Gasteiger charge is 2.09. The molecule has 1 aromatic heterocycles. The quantitative estimate of drug-likeness (QED) is 0.721. The number of hydrogen-bond donors (Lipinski definition) is 2. The summed E-state index contributed by atoms with van der Waals surface area (Å²) in [5, 5.41) is 9.41. The fourth-order valence-corrected chi connectivity index (χ4v) is 2.10. The molecule has 0 atom stereocenters. The average Bonchev–Trinajstić information content (AvgIpc) is 3.00. The molecule has 6 heteroatoms. The lowest BCUT2D eigenvalue weighted by molar-refractivity contribution is -0.114. The molecule has 0 aliphatic rings. The van der Waals surface area contributed by atoms with E-state index in [0.29, 0.717) is 17.3 Å². The van der Waals surface area contributed by atoms with Gasteiger partial charge in [0.2, 0.25) is 11.8 Å². The second-order valence-corrected chi connectivity index (χ2v) is 5.15. The van der Waals surface area contributed by atoms with Crippen molar-refractivity contribution in [2.75, 3.05) is 17.2 Å². The van der Waals surface area contributed by atoms with E-state index in [0.717, 1.165) is 11.4 Å². The molecule has 0 bridgehead atoms. The van der Waals surface area contributed by atoms with E-state index in [1.165, 1.54) is 0 Å². The molecule has 0 saturated carbocycles. The third-order valence-corrected chi connectivity index (χ3v) is 3.19. The molecule has 0 fully saturated rings. The van der Waals surface area contributed by atoms with E-state index < -0.39 is 0 Å². The van der Waals surface area contributed by atoms with Crippen LogP contribution in [0.15, 0.2) is 65.2 Å². The van der Waals surface area contributed by atoms with Crippen molar-refractivity contribution in [3.63, 3.8) is 0 Å². The van der Waals surface area contributed by atoms with E-state index in [1.807, 2.05) is 54.6 Å². The second-order valence-electron chi connectivity index (χ2n) is 5.15. The van der Waals surface area contributed by atoms with Gasteiger partial charge in [0, 0.05) is 6.07 Å². The summed E-state index contributed by atoms with van der Waals surface area (Å²) in [7, 11) is 0. The Balaban J connectivity index is 1.61. The van der Waals surface area contributed by atoms with E-state index in [4.69, 9.17) is 9.26 Å². The fraction of sp³-hybridized carbons (Fsp3) is 0.111. The van der Waals surface area contributed by atoms with E-state index >= 15 is 0 Å². The molecule has 0 aliphatic carbocycles. The Bertz CT molecular complexity index is 815. The SMILES string of the molecule is Cc1cc(NC(=O)CNc2ccccc2Oc2ccccc2)on1. The molecule has 3 rings (SSSR count). The number of ether oxygens (including phenoxy) is 1. The summed E-state index contributed by atoms with van der Waals surface area (Å²) in [4.78, 5) is 12.0. The van der Waals surface area contributed by atoms with Gasteiger partial charge in [0.15, 0.2) is 5.75 Å². The van der Waals surface area contributed by atoms with Crippen molar-refractivity contribution in [1.82, 2.24) is 5.16 Å². The van der Waals surface area contributed by atoms with Crippen LogP contribution in [0.25, 0.3) is 0 Å². The molecule has 3 aromatic rings. The highest BCUT2D eigenvalue weighted by atomic mass is 16.5. The van der Waals surface area contributed by atoms with Gasteiger partial charge < -0.3 is 14.6 Å². The van der Waals surface area contributed by atoms with Gasteiger partial charge in [-0.25, -0.2) is 0 Å². The number of benzene rings is 2. The maximum atomic E-state index is 12.0. The molecule has 6 nitrogen and oxygen atoms in total. The summed E-state index contributed by atoms with van der Waals surface area (Å²) in [5.74, 6) is 1.47. The summed E-state index contributed by atoms with van der Waals surface area (Å²) in [6.07, 6.45) is 0. The van der Waals surface area contributed by atoms with E-state index in [1.54, 1.807) is 13.0 Å². The van der Waals surface area contributed by atoms with Gasteiger partial charge in [-0.15, -0.1) is 0 Å². The molecule has 0 spiro atoms. The number of carbonyl (C=O) groups excluding carboxylic acids is 1. The number of amides is 1. The largest absolute Gasteiger partial charge is 0.455 e. The van der Waals surface area contributed by atoms with Crippen LogP contribution < -0.4 is 15.4 Å². The molecule has 1 amide bonds. The third kappa shape index (κ3) is 4.13. The number of carbonyl (C=O) groups is 1. The molecule has 0 aliphatic heterocycles. The highest BCUT2D eigenvalue weighted by Crippen LogP contribution is 2.28. The molecule has 0 unspecified atom stereocenters. The monoisotopic (exact) mass is 323 g/mol.